The van der Waals surface area contributed by atoms with Gasteiger partial charge in [0, 0.05) is 16.4 Å². The lowest BCUT2D eigenvalue weighted by Crippen LogP contribution is -2.32. The molecular formula is C22H21ClFN3O3S. The summed E-state index contributed by atoms with van der Waals surface area (Å²) in [7, 11) is -3.70. The molecule has 3 aromatic rings. The van der Waals surface area contributed by atoms with Crippen molar-refractivity contribution in [3.05, 3.63) is 83.1 Å². The molecule has 0 aliphatic heterocycles. The second kappa shape index (κ2) is 9.36. The summed E-state index contributed by atoms with van der Waals surface area (Å²) >= 11 is 5.83. The van der Waals surface area contributed by atoms with Crippen molar-refractivity contribution in [3.8, 4) is 0 Å². The number of carbonyl (C=O) groups excluding carboxylic acids is 1. The first-order valence-corrected chi connectivity index (χ1v) is 11.2. The van der Waals surface area contributed by atoms with Gasteiger partial charge in [0.05, 0.1) is 10.6 Å². The summed E-state index contributed by atoms with van der Waals surface area (Å²) in [4.78, 5) is 12.5. The molecular weight excluding hydrogens is 441 g/mol. The molecule has 0 saturated heterocycles. The van der Waals surface area contributed by atoms with Gasteiger partial charge in [-0.2, -0.15) is 0 Å². The fourth-order valence-corrected chi connectivity index (χ4v) is 3.95. The minimum absolute atomic E-state index is 0.00740. The molecule has 0 spiro atoms. The van der Waals surface area contributed by atoms with Crippen molar-refractivity contribution in [2.24, 2.45) is 0 Å². The number of aryl methyl sites for hydroxylation is 1. The van der Waals surface area contributed by atoms with Gasteiger partial charge in [0.2, 0.25) is 5.91 Å². The Hall–Kier alpha value is -3.10. The van der Waals surface area contributed by atoms with E-state index in [2.05, 4.69) is 15.4 Å². The van der Waals surface area contributed by atoms with Crippen molar-refractivity contribution in [3.63, 3.8) is 0 Å². The zero-order valence-corrected chi connectivity index (χ0v) is 18.4. The van der Waals surface area contributed by atoms with Gasteiger partial charge in [-0.15, -0.1) is 0 Å². The molecule has 9 heteroatoms. The Labute approximate surface area is 185 Å². The van der Waals surface area contributed by atoms with Gasteiger partial charge in [-0.1, -0.05) is 29.3 Å². The predicted octanol–water partition coefficient (Wildman–Crippen LogP) is 5.03. The lowest BCUT2D eigenvalue weighted by Gasteiger charge is -2.16. The van der Waals surface area contributed by atoms with Crippen molar-refractivity contribution in [2.45, 2.75) is 24.8 Å². The lowest BCUT2D eigenvalue weighted by molar-refractivity contribution is -0.116. The van der Waals surface area contributed by atoms with Crippen LogP contribution in [0.15, 0.2) is 71.6 Å². The van der Waals surface area contributed by atoms with Crippen LogP contribution in [0.4, 0.5) is 21.5 Å². The number of benzene rings is 3. The van der Waals surface area contributed by atoms with Crippen LogP contribution in [0.25, 0.3) is 0 Å². The summed E-state index contributed by atoms with van der Waals surface area (Å²) in [6.45, 7) is 3.49. The lowest BCUT2D eigenvalue weighted by atomic mass is 10.2. The van der Waals surface area contributed by atoms with E-state index in [9.17, 15) is 17.6 Å². The van der Waals surface area contributed by atoms with Gasteiger partial charge in [-0.3, -0.25) is 9.52 Å². The Morgan fingerprint density at radius 1 is 0.968 bits per heavy atom. The minimum atomic E-state index is -3.70. The Kier molecular flexibility index (Phi) is 6.82. The molecule has 162 valence electrons. The van der Waals surface area contributed by atoms with Crippen molar-refractivity contribution in [1.29, 1.82) is 0 Å². The van der Waals surface area contributed by atoms with Crippen LogP contribution in [-0.4, -0.2) is 20.4 Å². The second-order valence-electron chi connectivity index (χ2n) is 6.98. The predicted molar refractivity (Wildman–Crippen MR) is 122 cm³/mol. The highest BCUT2D eigenvalue weighted by molar-refractivity contribution is 7.92. The number of halogens is 2. The van der Waals surface area contributed by atoms with Gasteiger partial charge in [0.15, 0.2) is 0 Å². The van der Waals surface area contributed by atoms with E-state index in [0.29, 0.717) is 16.4 Å². The summed E-state index contributed by atoms with van der Waals surface area (Å²) in [6.07, 6.45) is 0. The van der Waals surface area contributed by atoms with Crippen molar-refractivity contribution in [1.82, 2.24) is 0 Å². The number of amides is 1. The Balaban J connectivity index is 1.62. The highest BCUT2D eigenvalue weighted by Crippen LogP contribution is 2.21. The van der Waals surface area contributed by atoms with Gasteiger partial charge >= 0.3 is 0 Å². The Bertz CT molecular complexity index is 1180. The molecule has 0 radical (unpaired) electrons. The van der Waals surface area contributed by atoms with E-state index in [1.165, 1.54) is 30.3 Å². The molecule has 3 N–H and O–H groups in total. The third kappa shape index (κ3) is 5.96. The normalized spacial score (nSPS) is 12.1. The average molecular weight is 462 g/mol. The number of hydrogen-bond donors (Lipinski definition) is 3. The zero-order valence-electron chi connectivity index (χ0n) is 16.8. The van der Waals surface area contributed by atoms with Crippen LogP contribution in [0.5, 0.6) is 0 Å². The standard InChI is InChI=1S/C22H21ClFN3O3S/c1-14-3-10-19(11-4-14)31(29,30)27-18-8-6-17(7-9-18)25-15(2)22(28)26-21-13-16(23)5-12-20(21)24/h3-13,15,25,27H,1-2H3,(H,26,28). The molecule has 1 atom stereocenters. The van der Waals surface area contributed by atoms with Crippen LogP contribution in [0.3, 0.4) is 0 Å². The first-order valence-electron chi connectivity index (χ1n) is 9.36. The van der Waals surface area contributed by atoms with E-state index in [4.69, 9.17) is 11.6 Å². The summed E-state index contributed by atoms with van der Waals surface area (Å²) in [5.41, 5.74) is 1.93. The summed E-state index contributed by atoms with van der Waals surface area (Å²) in [5, 5.41) is 5.77. The minimum Gasteiger partial charge on any atom is -0.374 e. The molecule has 0 fully saturated rings. The number of carbonyl (C=O) groups is 1. The van der Waals surface area contributed by atoms with Gasteiger partial charge in [-0.25, -0.2) is 12.8 Å². The topological polar surface area (TPSA) is 87.3 Å². The summed E-state index contributed by atoms with van der Waals surface area (Å²) in [5.74, 6) is -1.04. The highest BCUT2D eigenvalue weighted by atomic mass is 35.5. The molecule has 0 heterocycles. The first kappa shape index (κ1) is 22.6. The molecule has 3 aromatic carbocycles. The fraction of sp³-hybridized carbons (Fsp3) is 0.136. The van der Waals surface area contributed by atoms with Crippen molar-refractivity contribution in [2.75, 3.05) is 15.4 Å². The maximum absolute atomic E-state index is 13.8. The van der Waals surface area contributed by atoms with E-state index < -0.39 is 27.8 Å². The largest absolute Gasteiger partial charge is 0.374 e. The van der Waals surface area contributed by atoms with Crippen molar-refractivity contribution < 1.29 is 17.6 Å². The van der Waals surface area contributed by atoms with Gasteiger partial charge in [0.1, 0.15) is 11.9 Å². The number of nitrogens with one attached hydrogen (secondary N) is 3. The monoisotopic (exact) mass is 461 g/mol. The third-order valence-corrected chi connectivity index (χ3v) is 6.06. The SMILES string of the molecule is Cc1ccc(S(=O)(=O)Nc2ccc(NC(C)C(=O)Nc3cc(Cl)ccc3F)cc2)cc1. The third-order valence-electron chi connectivity index (χ3n) is 4.43. The molecule has 0 aliphatic rings. The Morgan fingerprint density at radius 2 is 1.58 bits per heavy atom. The molecule has 1 amide bonds. The van der Waals surface area contributed by atoms with Crippen LogP contribution in [0.2, 0.25) is 5.02 Å². The van der Waals surface area contributed by atoms with Gasteiger partial charge in [-0.05, 0) is 68.4 Å². The maximum Gasteiger partial charge on any atom is 0.261 e. The average Bonchev–Trinajstić information content (AvgIpc) is 2.72. The molecule has 1 unspecified atom stereocenters. The number of rotatable bonds is 7. The summed E-state index contributed by atoms with van der Waals surface area (Å²) < 4.78 is 41.2. The first-order chi connectivity index (χ1) is 14.6. The molecule has 0 aliphatic carbocycles. The highest BCUT2D eigenvalue weighted by Gasteiger charge is 2.16. The van der Waals surface area contributed by atoms with Crippen LogP contribution < -0.4 is 15.4 Å². The van der Waals surface area contributed by atoms with Gasteiger partial charge in [0.25, 0.3) is 10.0 Å². The fourth-order valence-electron chi connectivity index (χ4n) is 2.72. The van der Waals surface area contributed by atoms with Crippen molar-refractivity contribution >= 4 is 44.6 Å². The molecule has 31 heavy (non-hydrogen) atoms. The summed E-state index contributed by atoms with van der Waals surface area (Å²) in [6, 6.07) is 16.2. The molecule has 6 nitrogen and oxygen atoms in total. The van der Waals surface area contributed by atoms with E-state index in [1.807, 2.05) is 6.92 Å². The van der Waals surface area contributed by atoms with E-state index >= 15 is 0 Å². The molecule has 0 aromatic heterocycles. The molecule has 0 saturated carbocycles. The van der Waals surface area contributed by atoms with E-state index in [0.717, 1.165) is 5.56 Å². The zero-order chi connectivity index (χ0) is 22.6. The van der Waals surface area contributed by atoms with Crippen LogP contribution in [0, 0.1) is 12.7 Å². The van der Waals surface area contributed by atoms with Crippen LogP contribution in [-0.2, 0) is 14.8 Å². The smallest absolute Gasteiger partial charge is 0.261 e. The number of hydrogen-bond acceptors (Lipinski definition) is 4. The number of anilines is 3. The molecule has 3 rings (SSSR count). The second-order valence-corrected chi connectivity index (χ2v) is 9.09. The molecule has 0 bridgehead atoms. The van der Waals surface area contributed by atoms with Gasteiger partial charge < -0.3 is 10.6 Å². The van der Waals surface area contributed by atoms with E-state index in [-0.39, 0.29) is 10.6 Å². The van der Waals surface area contributed by atoms with E-state index in [1.54, 1.807) is 43.3 Å². The quantitative estimate of drug-likeness (QED) is 0.460. The maximum atomic E-state index is 13.8. The van der Waals surface area contributed by atoms with Crippen LogP contribution in [0.1, 0.15) is 12.5 Å². The van der Waals surface area contributed by atoms with Crippen LogP contribution >= 0.6 is 11.6 Å². The Morgan fingerprint density at radius 3 is 2.23 bits per heavy atom. The number of sulfonamides is 1.